The summed E-state index contributed by atoms with van der Waals surface area (Å²) in [5, 5.41) is 0. The first kappa shape index (κ1) is 11.5. The van der Waals surface area contributed by atoms with E-state index in [9.17, 15) is 8.78 Å². The van der Waals surface area contributed by atoms with Gasteiger partial charge in [-0.05, 0) is 23.1 Å². The largest absolute Gasteiger partial charge is 0.288 e. The third-order valence-corrected chi connectivity index (χ3v) is 2.67. The highest BCUT2D eigenvalue weighted by molar-refractivity contribution is 7.99. The van der Waals surface area contributed by atoms with Crippen LogP contribution in [0.1, 0.15) is 26.3 Å². The van der Waals surface area contributed by atoms with E-state index in [1.807, 2.05) is 12.1 Å². The van der Waals surface area contributed by atoms with Crippen LogP contribution in [0.3, 0.4) is 0 Å². The smallest absolute Gasteiger partial charge is 0.198 e. The van der Waals surface area contributed by atoms with Crippen LogP contribution in [0, 0.1) is 0 Å². The van der Waals surface area contributed by atoms with Crippen LogP contribution in [0.2, 0.25) is 0 Å². The summed E-state index contributed by atoms with van der Waals surface area (Å²) in [5.41, 5.74) is 1.24. The van der Waals surface area contributed by atoms with E-state index in [0.29, 0.717) is 16.7 Å². The van der Waals surface area contributed by atoms with Crippen LogP contribution in [0.4, 0.5) is 8.78 Å². The van der Waals surface area contributed by atoms with Gasteiger partial charge in [0.15, 0.2) is 0 Å². The van der Waals surface area contributed by atoms with Crippen molar-refractivity contribution in [2.75, 3.05) is 0 Å². The molecule has 0 amide bonds. The van der Waals surface area contributed by atoms with Gasteiger partial charge in [0.25, 0.3) is 5.76 Å². The summed E-state index contributed by atoms with van der Waals surface area (Å²) in [6.07, 6.45) is 0. The van der Waals surface area contributed by atoms with E-state index in [4.69, 9.17) is 0 Å². The van der Waals surface area contributed by atoms with Gasteiger partial charge in [-0.2, -0.15) is 8.78 Å². The maximum Gasteiger partial charge on any atom is 0.288 e. The summed E-state index contributed by atoms with van der Waals surface area (Å²) in [7, 11) is 0. The molecule has 0 nitrogen and oxygen atoms in total. The molecule has 1 aromatic carbocycles. The van der Waals surface area contributed by atoms with Crippen LogP contribution < -0.4 is 0 Å². The van der Waals surface area contributed by atoms with Gasteiger partial charge in [0, 0.05) is 4.90 Å². The van der Waals surface area contributed by atoms with E-state index < -0.39 is 5.76 Å². The van der Waals surface area contributed by atoms with Crippen LogP contribution in [0.25, 0.3) is 0 Å². The van der Waals surface area contributed by atoms with Gasteiger partial charge in [-0.15, -0.1) is 0 Å². The van der Waals surface area contributed by atoms with Crippen molar-refractivity contribution in [1.29, 1.82) is 0 Å². The SMILES string of the molecule is CC(C)(C)c1ccc(SC(F)F)cc1. The molecule has 0 saturated carbocycles. The Bertz CT molecular complexity index is 285. The molecule has 78 valence electrons. The Balaban J connectivity index is 2.79. The van der Waals surface area contributed by atoms with E-state index in [0.717, 1.165) is 5.56 Å². The Morgan fingerprint density at radius 1 is 1.07 bits per heavy atom. The Morgan fingerprint density at radius 2 is 1.57 bits per heavy atom. The third kappa shape index (κ3) is 3.29. The molecular formula is C11H14F2S. The highest BCUT2D eigenvalue weighted by Crippen LogP contribution is 2.28. The molecule has 14 heavy (non-hydrogen) atoms. The van der Waals surface area contributed by atoms with Gasteiger partial charge < -0.3 is 0 Å². The highest BCUT2D eigenvalue weighted by Gasteiger charge is 2.13. The van der Waals surface area contributed by atoms with Gasteiger partial charge in [-0.3, -0.25) is 0 Å². The van der Waals surface area contributed by atoms with Crippen molar-refractivity contribution in [1.82, 2.24) is 0 Å². The normalized spacial score (nSPS) is 12.1. The monoisotopic (exact) mass is 216 g/mol. The predicted octanol–water partition coefficient (Wildman–Crippen LogP) is 4.30. The van der Waals surface area contributed by atoms with Crippen LogP contribution in [0.5, 0.6) is 0 Å². The zero-order chi connectivity index (χ0) is 10.8. The molecule has 0 saturated heterocycles. The second kappa shape index (κ2) is 4.30. The van der Waals surface area contributed by atoms with Crippen LogP contribution in [-0.2, 0) is 5.41 Å². The summed E-state index contributed by atoms with van der Waals surface area (Å²) >= 11 is 0.584. The van der Waals surface area contributed by atoms with Crippen LogP contribution in [0.15, 0.2) is 29.2 Å². The second-order valence-electron chi connectivity index (χ2n) is 4.15. The first-order valence-electron chi connectivity index (χ1n) is 4.45. The van der Waals surface area contributed by atoms with Crippen molar-refractivity contribution in [2.45, 2.75) is 36.8 Å². The minimum atomic E-state index is -2.34. The molecule has 0 unspecified atom stereocenters. The zero-order valence-corrected chi connectivity index (χ0v) is 9.37. The molecule has 0 aromatic heterocycles. The van der Waals surface area contributed by atoms with Crippen molar-refractivity contribution in [2.24, 2.45) is 0 Å². The lowest BCUT2D eigenvalue weighted by Crippen LogP contribution is -2.10. The molecule has 1 aromatic rings. The van der Waals surface area contributed by atoms with Gasteiger partial charge in [0.1, 0.15) is 0 Å². The quantitative estimate of drug-likeness (QED) is 0.664. The summed E-state index contributed by atoms with van der Waals surface area (Å²) in [5.74, 6) is -2.34. The van der Waals surface area contributed by atoms with Crippen LogP contribution >= 0.6 is 11.8 Å². The Hall–Kier alpha value is -0.570. The molecule has 0 radical (unpaired) electrons. The van der Waals surface area contributed by atoms with E-state index in [1.165, 1.54) is 0 Å². The molecule has 3 heteroatoms. The number of benzene rings is 1. The van der Waals surface area contributed by atoms with Crippen molar-refractivity contribution in [3.63, 3.8) is 0 Å². The fourth-order valence-corrected chi connectivity index (χ4v) is 1.64. The van der Waals surface area contributed by atoms with Gasteiger partial charge in [-0.1, -0.05) is 44.7 Å². The first-order chi connectivity index (χ1) is 6.39. The van der Waals surface area contributed by atoms with Gasteiger partial charge in [0.2, 0.25) is 0 Å². The molecule has 0 fully saturated rings. The van der Waals surface area contributed by atoms with E-state index in [2.05, 4.69) is 20.8 Å². The minimum absolute atomic E-state index is 0.0774. The average molecular weight is 216 g/mol. The molecular weight excluding hydrogens is 202 g/mol. The van der Waals surface area contributed by atoms with Gasteiger partial charge >= 0.3 is 0 Å². The summed E-state index contributed by atoms with van der Waals surface area (Å²) < 4.78 is 24.0. The van der Waals surface area contributed by atoms with Crippen molar-refractivity contribution >= 4 is 11.8 Å². The third-order valence-electron chi connectivity index (χ3n) is 1.95. The maximum absolute atomic E-state index is 12.0. The molecule has 0 aliphatic rings. The molecule has 1 rings (SSSR count). The molecule has 0 aliphatic carbocycles. The lowest BCUT2D eigenvalue weighted by atomic mass is 9.87. The number of alkyl halides is 2. The Morgan fingerprint density at radius 3 is 1.93 bits per heavy atom. The van der Waals surface area contributed by atoms with Crippen molar-refractivity contribution < 1.29 is 8.78 Å². The fraction of sp³-hybridized carbons (Fsp3) is 0.455. The number of rotatable bonds is 2. The molecule has 0 heterocycles. The van der Waals surface area contributed by atoms with E-state index in [1.54, 1.807) is 12.1 Å². The lowest BCUT2D eigenvalue weighted by Gasteiger charge is -2.18. The van der Waals surface area contributed by atoms with Gasteiger partial charge in [-0.25, -0.2) is 0 Å². The molecule has 0 bridgehead atoms. The number of hydrogen-bond donors (Lipinski definition) is 0. The minimum Gasteiger partial charge on any atom is -0.198 e. The standard InChI is InChI=1S/C11H14F2S/c1-11(2,3)8-4-6-9(7-5-8)14-10(12)13/h4-7,10H,1-3H3. The molecule has 0 spiro atoms. The molecule has 0 N–H and O–H groups in total. The van der Waals surface area contributed by atoms with Crippen LogP contribution in [-0.4, -0.2) is 5.76 Å². The Labute approximate surface area is 87.7 Å². The Kier molecular flexibility index (Phi) is 3.53. The number of thioether (sulfide) groups is 1. The fourth-order valence-electron chi connectivity index (χ4n) is 1.14. The summed E-state index contributed by atoms with van der Waals surface area (Å²) in [4.78, 5) is 0.619. The molecule has 0 aliphatic heterocycles. The predicted molar refractivity (Wildman–Crippen MR) is 57.0 cm³/mol. The second-order valence-corrected chi connectivity index (χ2v) is 5.22. The molecule has 0 atom stereocenters. The average Bonchev–Trinajstić information content (AvgIpc) is 2.02. The zero-order valence-electron chi connectivity index (χ0n) is 8.55. The highest BCUT2D eigenvalue weighted by atomic mass is 32.2. The van der Waals surface area contributed by atoms with E-state index in [-0.39, 0.29) is 5.41 Å². The number of hydrogen-bond acceptors (Lipinski definition) is 1. The first-order valence-corrected chi connectivity index (χ1v) is 5.33. The van der Waals surface area contributed by atoms with E-state index >= 15 is 0 Å². The topological polar surface area (TPSA) is 0 Å². The van der Waals surface area contributed by atoms with Crippen molar-refractivity contribution in [3.05, 3.63) is 29.8 Å². The number of halogens is 2. The maximum atomic E-state index is 12.0. The van der Waals surface area contributed by atoms with Gasteiger partial charge in [0.05, 0.1) is 0 Å². The summed E-state index contributed by atoms with van der Waals surface area (Å²) in [6.45, 7) is 6.30. The van der Waals surface area contributed by atoms with Crippen molar-refractivity contribution in [3.8, 4) is 0 Å². The lowest BCUT2D eigenvalue weighted by molar-refractivity contribution is 0.252. The summed E-state index contributed by atoms with van der Waals surface area (Å²) in [6, 6.07) is 7.31.